The van der Waals surface area contributed by atoms with Gasteiger partial charge < -0.3 is 4.74 Å². The second-order valence-electron chi connectivity index (χ2n) is 6.01. The lowest BCUT2D eigenvalue weighted by Crippen LogP contribution is -2.21. The molecule has 0 radical (unpaired) electrons. The smallest absolute Gasteiger partial charge is 0.392 e. The predicted molar refractivity (Wildman–Crippen MR) is 129 cm³/mol. The predicted octanol–water partition coefficient (Wildman–Crippen LogP) is 8.85. The summed E-state index contributed by atoms with van der Waals surface area (Å²) in [6.45, 7) is 0. The van der Waals surface area contributed by atoms with Crippen molar-refractivity contribution in [3.05, 3.63) is 91.0 Å². The van der Waals surface area contributed by atoms with E-state index in [9.17, 15) is 13.2 Å². The quantitative estimate of drug-likeness (QED) is 0.127. The number of hydrogen-bond donors (Lipinski definition) is 0. The molecule has 0 heterocycles. The molecule has 2 nitrogen and oxygen atoms in total. The molecule has 0 saturated carbocycles. The van der Waals surface area contributed by atoms with E-state index in [1.54, 1.807) is 30.3 Å². The van der Waals surface area contributed by atoms with Crippen LogP contribution in [0.3, 0.4) is 0 Å². The van der Waals surface area contributed by atoms with Crippen molar-refractivity contribution in [2.45, 2.75) is 27.2 Å². The third-order valence-electron chi connectivity index (χ3n) is 3.57. The van der Waals surface area contributed by atoms with Gasteiger partial charge in [-0.25, -0.2) is 4.99 Å². The van der Waals surface area contributed by atoms with Crippen LogP contribution in [0, 0.1) is 0 Å². The summed E-state index contributed by atoms with van der Waals surface area (Å²) in [4.78, 5) is 6.18. The normalized spacial score (nSPS) is 12.2. The van der Waals surface area contributed by atoms with E-state index in [1.807, 2.05) is 60.7 Å². The molecule has 0 amide bonds. The zero-order valence-electron chi connectivity index (χ0n) is 16.1. The average Bonchev–Trinajstić information content (AvgIpc) is 2.76. The van der Waals surface area contributed by atoms with Gasteiger partial charge in [0.15, 0.2) is 5.90 Å². The molecule has 0 fully saturated rings. The van der Waals surface area contributed by atoms with Gasteiger partial charge in [-0.05, 0) is 36.4 Å². The van der Waals surface area contributed by atoms with Crippen LogP contribution in [0.15, 0.2) is 106 Å². The number of para-hydroxylation sites is 1. The molecule has 0 saturated heterocycles. The minimum absolute atomic E-state index is 0.0173. The molecule has 0 aliphatic heterocycles. The second-order valence-corrected chi connectivity index (χ2v) is 11.3. The lowest BCUT2D eigenvalue weighted by atomic mass is 10.3. The van der Waals surface area contributed by atoms with Crippen LogP contribution in [0.4, 0.5) is 18.9 Å². The van der Waals surface area contributed by atoms with Gasteiger partial charge in [-0.15, -0.1) is 13.2 Å². The van der Waals surface area contributed by atoms with E-state index in [-0.39, 0.29) is 16.9 Å². The third kappa shape index (κ3) is 9.55. The van der Waals surface area contributed by atoms with Crippen LogP contribution in [0.1, 0.15) is 6.42 Å². The van der Waals surface area contributed by atoms with Crippen molar-refractivity contribution in [1.29, 1.82) is 0 Å². The summed E-state index contributed by atoms with van der Waals surface area (Å²) in [5.41, 5.74) is 0.418. The number of rotatable bonds is 9. The molecular formula is C22H18F3NOS4. The highest BCUT2D eigenvalue weighted by Crippen LogP contribution is 2.47. The number of alkyl halides is 3. The first-order chi connectivity index (χ1) is 15.0. The first-order valence-corrected chi connectivity index (χ1v) is 13.6. The SMILES string of the molecule is FC(F)(F)O/C(CC(SSc1ccccc1)SSc1ccccc1)=N\c1ccccc1. The number of hydrogen-bond acceptors (Lipinski definition) is 6. The summed E-state index contributed by atoms with van der Waals surface area (Å²) in [7, 11) is 6.02. The van der Waals surface area contributed by atoms with E-state index in [4.69, 9.17) is 0 Å². The fourth-order valence-corrected chi connectivity index (χ4v) is 8.06. The Hall–Kier alpha value is -1.68. The molecule has 3 aromatic carbocycles. The van der Waals surface area contributed by atoms with Crippen molar-refractivity contribution in [2.75, 3.05) is 0 Å². The maximum atomic E-state index is 13.0. The Labute approximate surface area is 195 Å². The Balaban J connectivity index is 1.75. The Kier molecular flexibility index (Phi) is 9.57. The standard InChI is InChI=1S/C22H18F3NOS4/c23-22(24,25)27-20(26-17-10-4-1-5-11-17)16-21(30-28-18-12-6-2-7-13-18)31-29-19-14-8-3-9-15-19/h1-15,21H,16H2/b26-20-. The van der Waals surface area contributed by atoms with E-state index in [2.05, 4.69) is 9.73 Å². The molecule has 3 aromatic rings. The number of aliphatic imine (C=N–C) groups is 1. The van der Waals surface area contributed by atoms with Gasteiger partial charge >= 0.3 is 6.36 Å². The van der Waals surface area contributed by atoms with Crippen molar-refractivity contribution >= 4 is 54.8 Å². The first-order valence-electron chi connectivity index (χ1n) is 9.13. The minimum Gasteiger partial charge on any atom is -0.392 e. The molecule has 0 aromatic heterocycles. The minimum atomic E-state index is -4.80. The van der Waals surface area contributed by atoms with Crippen LogP contribution in [0.2, 0.25) is 0 Å². The van der Waals surface area contributed by atoms with Gasteiger partial charge in [-0.3, -0.25) is 0 Å². The Morgan fingerprint density at radius 3 is 1.65 bits per heavy atom. The Morgan fingerprint density at radius 1 is 0.742 bits per heavy atom. The Bertz CT molecular complexity index is 898. The summed E-state index contributed by atoms with van der Waals surface area (Å²) < 4.78 is 43.1. The van der Waals surface area contributed by atoms with Crippen molar-refractivity contribution in [3.63, 3.8) is 0 Å². The summed E-state index contributed by atoms with van der Waals surface area (Å²) in [5, 5.41) is 0. The molecule has 3 rings (SSSR count). The van der Waals surface area contributed by atoms with Crippen molar-refractivity contribution in [2.24, 2.45) is 4.99 Å². The van der Waals surface area contributed by atoms with Crippen LogP contribution in [0.5, 0.6) is 0 Å². The highest BCUT2D eigenvalue weighted by molar-refractivity contribution is 8.85. The molecule has 162 valence electrons. The highest BCUT2D eigenvalue weighted by Gasteiger charge is 2.34. The fraction of sp³-hybridized carbons (Fsp3) is 0.136. The number of nitrogens with zero attached hydrogens (tertiary/aromatic N) is 1. The van der Waals surface area contributed by atoms with Gasteiger partial charge in [0, 0.05) is 16.2 Å². The van der Waals surface area contributed by atoms with Gasteiger partial charge in [0.1, 0.15) is 0 Å². The van der Waals surface area contributed by atoms with Gasteiger partial charge in [-0.1, -0.05) is 97.8 Å². The zero-order valence-corrected chi connectivity index (χ0v) is 19.3. The maximum absolute atomic E-state index is 13.0. The zero-order chi connectivity index (χ0) is 21.9. The van der Waals surface area contributed by atoms with Crippen LogP contribution in [-0.2, 0) is 4.74 Å². The van der Waals surface area contributed by atoms with Crippen LogP contribution < -0.4 is 0 Å². The molecule has 31 heavy (non-hydrogen) atoms. The van der Waals surface area contributed by atoms with Gasteiger partial charge in [0.2, 0.25) is 0 Å². The first kappa shape index (κ1) is 24.0. The number of halogens is 3. The molecule has 0 bridgehead atoms. The van der Waals surface area contributed by atoms with Crippen molar-refractivity contribution in [3.8, 4) is 0 Å². The molecule has 0 N–H and O–H groups in total. The summed E-state index contributed by atoms with van der Waals surface area (Å²) in [5.74, 6) is -0.356. The monoisotopic (exact) mass is 497 g/mol. The van der Waals surface area contributed by atoms with Crippen LogP contribution in [0.25, 0.3) is 0 Å². The number of benzene rings is 3. The highest BCUT2D eigenvalue weighted by atomic mass is 33.1. The van der Waals surface area contributed by atoms with E-state index in [0.29, 0.717) is 5.69 Å². The van der Waals surface area contributed by atoms with Gasteiger partial charge in [0.25, 0.3) is 0 Å². The maximum Gasteiger partial charge on any atom is 0.574 e. The summed E-state index contributed by atoms with van der Waals surface area (Å²) in [6, 6.07) is 28.0. The molecule has 0 spiro atoms. The van der Waals surface area contributed by atoms with Crippen molar-refractivity contribution < 1.29 is 17.9 Å². The molecule has 0 atom stereocenters. The topological polar surface area (TPSA) is 21.6 Å². The van der Waals surface area contributed by atoms with Gasteiger partial charge in [-0.2, -0.15) is 0 Å². The fourth-order valence-electron chi connectivity index (χ4n) is 2.29. The summed E-state index contributed by atoms with van der Waals surface area (Å²) >= 11 is 0. The van der Waals surface area contributed by atoms with Crippen LogP contribution in [-0.4, -0.2) is 16.8 Å². The molecular weight excluding hydrogens is 480 g/mol. The van der Waals surface area contributed by atoms with E-state index < -0.39 is 6.36 Å². The van der Waals surface area contributed by atoms with Gasteiger partial charge in [0.05, 0.1) is 10.3 Å². The summed E-state index contributed by atoms with van der Waals surface area (Å²) in [6.07, 6.45) is -4.78. The largest absolute Gasteiger partial charge is 0.574 e. The molecule has 0 aliphatic rings. The molecule has 0 unspecified atom stereocenters. The van der Waals surface area contributed by atoms with Crippen LogP contribution >= 0.6 is 43.2 Å². The number of ether oxygens (including phenoxy) is 1. The lowest BCUT2D eigenvalue weighted by Gasteiger charge is -2.18. The van der Waals surface area contributed by atoms with E-state index in [0.717, 1.165) is 9.79 Å². The van der Waals surface area contributed by atoms with Crippen molar-refractivity contribution in [1.82, 2.24) is 0 Å². The van der Waals surface area contributed by atoms with E-state index >= 15 is 0 Å². The van der Waals surface area contributed by atoms with E-state index in [1.165, 1.54) is 43.2 Å². The molecule has 0 aliphatic carbocycles. The Morgan fingerprint density at radius 2 is 1.19 bits per heavy atom. The average molecular weight is 498 g/mol. The lowest BCUT2D eigenvalue weighted by molar-refractivity contribution is -0.284. The molecule has 9 heteroatoms. The second kappa shape index (κ2) is 12.4. The third-order valence-corrected chi connectivity index (χ3v) is 9.89.